The maximum absolute atomic E-state index is 14.1. The minimum absolute atomic E-state index is 0.0509. The molecule has 0 aliphatic heterocycles. The van der Waals surface area contributed by atoms with Crippen molar-refractivity contribution in [1.82, 2.24) is 0 Å². The number of benzene rings is 2. The second-order valence-corrected chi connectivity index (χ2v) is 4.54. The van der Waals surface area contributed by atoms with Gasteiger partial charge >= 0.3 is 0 Å². The van der Waals surface area contributed by atoms with Crippen molar-refractivity contribution in [1.29, 1.82) is 0 Å². The zero-order chi connectivity index (χ0) is 13.3. The Labute approximate surface area is 106 Å². The highest BCUT2D eigenvalue weighted by atomic mass is 19.1. The number of ketones is 1. The number of carbonyl (C=O) groups is 1. The average Bonchev–Trinajstić information content (AvgIpc) is 2.28. The third-order valence-corrected chi connectivity index (χ3v) is 3.01. The van der Waals surface area contributed by atoms with Gasteiger partial charge in [-0.25, -0.2) is 4.39 Å². The van der Waals surface area contributed by atoms with Crippen LogP contribution in [0.1, 0.15) is 28.4 Å². The summed E-state index contributed by atoms with van der Waals surface area (Å²) in [5.74, 6) is -0.328. The molecule has 2 aromatic carbocycles. The molecule has 0 aliphatic rings. The van der Waals surface area contributed by atoms with Crippen molar-refractivity contribution in [2.75, 3.05) is 0 Å². The van der Waals surface area contributed by atoms with Gasteiger partial charge in [0.1, 0.15) is 5.82 Å². The summed E-state index contributed by atoms with van der Waals surface area (Å²) in [7, 11) is 0. The molecule has 0 saturated heterocycles. The van der Waals surface area contributed by atoms with Gasteiger partial charge in [0.05, 0.1) is 0 Å². The molecular weight excluding hydrogens is 227 g/mol. The van der Waals surface area contributed by atoms with Crippen LogP contribution in [0.4, 0.5) is 4.39 Å². The van der Waals surface area contributed by atoms with Gasteiger partial charge in [-0.15, -0.1) is 0 Å². The van der Waals surface area contributed by atoms with Crippen molar-refractivity contribution in [3.63, 3.8) is 0 Å². The summed E-state index contributed by atoms with van der Waals surface area (Å²) in [6, 6.07) is 10.6. The Hall–Kier alpha value is -1.96. The first-order valence-corrected chi connectivity index (χ1v) is 5.88. The fourth-order valence-electron chi connectivity index (χ4n) is 2.26. The molecule has 0 unspecified atom stereocenters. The summed E-state index contributed by atoms with van der Waals surface area (Å²) < 4.78 is 14.1. The zero-order valence-corrected chi connectivity index (χ0v) is 10.8. The van der Waals surface area contributed by atoms with Crippen molar-refractivity contribution in [2.45, 2.75) is 20.8 Å². The molecule has 2 aromatic rings. The molecule has 18 heavy (non-hydrogen) atoms. The maximum atomic E-state index is 14.1. The molecule has 0 spiro atoms. The number of aryl methyl sites for hydroxylation is 2. The number of hydrogen-bond acceptors (Lipinski definition) is 1. The predicted octanol–water partition coefficient (Wildman–Crippen LogP) is 4.31. The summed E-state index contributed by atoms with van der Waals surface area (Å²) in [6.07, 6.45) is 0. The first-order chi connectivity index (χ1) is 8.50. The van der Waals surface area contributed by atoms with Gasteiger partial charge in [0, 0.05) is 11.1 Å². The van der Waals surface area contributed by atoms with Gasteiger partial charge in [0.15, 0.2) is 5.78 Å². The highest BCUT2D eigenvalue weighted by Crippen LogP contribution is 2.30. The molecular formula is C16H15FO. The molecule has 0 atom stereocenters. The molecule has 0 heterocycles. The van der Waals surface area contributed by atoms with Gasteiger partial charge in [0.2, 0.25) is 0 Å². The summed E-state index contributed by atoms with van der Waals surface area (Å²) in [5, 5.41) is 0. The molecule has 0 bridgehead atoms. The summed E-state index contributed by atoms with van der Waals surface area (Å²) >= 11 is 0. The Morgan fingerprint density at radius 2 is 1.78 bits per heavy atom. The van der Waals surface area contributed by atoms with Gasteiger partial charge in [-0.2, -0.15) is 0 Å². The molecule has 0 fully saturated rings. The monoisotopic (exact) mass is 242 g/mol. The molecule has 0 N–H and O–H groups in total. The molecule has 0 saturated carbocycles. The maximum Gasteiger partial charge on any atom is 0.160 e. The van der Waals surface area contributed by atoms with Crippen LogP contribution in [0, 0.1) is 19.7 Å². The van der Waals surface area contributed by atoms with Crippen LogP contribution in [0.3, 0.4) is 0 Å². The van der Waals surface area contributed by atoms with E-state index >= 15 is 0 Å². The van der Waals surface area contributed by atoms with E-state index in [0.29, 0.717) is 16.7 Å². The molecule has 0 amide bonds. The molecule has 2 heteroatoms. The quantitative estimate of drug-likeness (QED) is 0.717. The molecule has 2 rings (SSSR count). The van der Waals surface area contributed by atoms with Crippen molar-refractivity contribution < 1.29 is 9.18 Å². The molecule has 92 valence electrons. The number of Topliss-reactive ketones (excluding diaryl/α,β-unsaturated/α-hetero) is 1. The number of carbonyl (C=O) groups excluding carboxylic acids is 1. The normalized spacial score (nSPS) is 10.4. The van der Waals surface area contributed by atoms with Crippen molar-refractivity contribution >= 4 is 5.78 Å². The van der Waals surface area contributed by atoms with E-state index in [4.69, 9.17) is 0 Å². The third kappa shape index (κ3) is 2.19. The van der Waals surface area contributed by atoms with Gasteiger partial charge < -0.3 is 0 Å². The van der Waals surface area contributed by atoms with E-state index in [0.717, 1.165) is 11.1 Å². The second kappa shape index (κ2) is 4.73. The van der Waals surface area contributed by atoms with Gasteiger partial charge in [-0.05, 0) is 43.5 Å². The zero-order valence-electron chi connectivity index (χ0n) is 10.8. The first kappa shape index (κ1) is 12.5. The standard InChI is InChI=1S/C16H15FO/c1-10-8-11(2)16(15(17)9-10)14-7-5-4-6-13(14)12(3)18/h4-9H,1-3H3. The summed E-state index contributed by atoms with van der Waals surface area (Å²) in [4.78, 5) is 11.6. The van der Waals surface area contributed by atoms with Crippen LogP contribution in [-0.4, -0.2) is 5.78 Å². The van der Waals surface area contributed by atoms with E-state index in [1.54, 1.807) is 18.2 Å². The van der Waals surface area contributed by atoms with E-state index in [1.807, 2.05) is 26.0 Å². The lowest BCUT2D eigenvalue weighted by Gasteiger charge is -2.12. The van der Waals surface area contributed by atoms with Crippen molar-refractivity contribution in [3.8, 4) is 11.1 Å². The fourth-order valence-corrected chi connectivity index (χ4v) is 2.26. The fraction of sp³-hybridized carbons (Fsp3) is 0.188. The summed E-state index contributed by atoms with van der Waals surface area (Å²) in [5.41, 5.74) is 3.48. The summed E-state index contributed by atoms with van der Waals surface area (Å²) in [6.45, 7) is 5.22. The van der Waals surface area contributed by atoms with Crippen LogP contribution in [0.5, 0.6) is 0 Å². The second-order valence-electron chi connectivity index (χ2n) is 4.54. The van der Waals surface area contributed by atoms with Crippen LogP contribution in [0.25, 0.3) is 11.1 Å². The lowest BCUT2D eigenvalue weighted by Crippen LogP contribution is -1.99. The predicted molar refractivity (Wildman–Crippen MR) is 71.3 cm³/mol. The Morgan fingerprint density at radius 3 is 2.39 bits per heavy atom. The van der Waals surface area contributed by atoms with E-state index in [-0.39, 0.29) is 11.6 Å². The first-order valence-electron chi connectivity index (χ1n) is 5.88. The SMILES string of the molecule is CC(=O)c1ccccc1-c1c(C)cc(C)cc1F. The van der Waals surface area contributed by atoms with Crippen LogP contribution in [-0.2, 0) is 0 Å². The van der Waals surface area contributed by atoms with Gasteiger partial charge in [-0.1, -0.05) is 30.3 Å². The molecule has 0 aromatic heterocycles. The highest BCUT2D eigenvalue weighted by Gasteiger charge is 2.14. The van der Waals surface area contributed by atoms with Crippen LogP contribution >= 0.6 is 0 Å². The van der Waals surface area contributed by atoms with Crippen molar-refractivity contribution in [3.05, 3.63) is 58.9 Å². The lowest BCUT2D eigenvalue weighted by atomic mass is 9.93. The smallest absolute Gasteiger partial charge is 0.160 e. The minimum atomic E-state index is -0.277. The Morgan fingerprint density at radius 1 is 1.11 bits per heavy atom. The van der Waals surface area contributed by atoms with E-state index in [2.05, 4.69) is 0 Å². The number of halogens is 1. The van der Waals surface area contributed by atoms with Crippen LogP contribution in [0.15, 0.2) is 36.4 Å². The largest absolute Gasteiger partial charge is 0.294 e. The Kier molecular flexibility index (Phi) is 3.28. The minimum Gasteiger partial charge on any atom is -0.294 e. The molecule has 1 nitrogen and oxygen atoms in total. The molecule has 0 aliphatic carbocycles. The van der Waals surface area contributed by atoms with Gasteiger partial charge in [0.25, 0.3) is 0 Å². The highest BCUT2D eigenvalue weighted by molar-refractivity contribution is 6.01. The van der Waals surface area contributed by atoms with Gasteiger partial charge in [-0.3, -0.25) is 4.79 Å². The van der Waals surface area contributed by atoms with E-state index in [9.17, 15) is 9.18 Å². The van der Waals surface area contributed by atoms with Crippen LogP contribution < -0.4 is 0 Å². The Bertz CT molecular complexity index is 591. The average molecular weight is 242 g/mol. The lowest BCUT2D eigenvalue weighted by molar-refractivity contribution is 0.101. The van der Waals surface area contributed by atoms with Crippen LogP contribution in [0.2, 0.25) is 0 Å². The van der Waals surface area contributed by atoms with E-state index < -0.39 is 0 Å². The third-order valence-electron chi connectivity index (χ3n) is 3.01. The number of hydrogen-bond donors (Lipinski definition) is 0. The van der Waals surface area contributed by atoms with E-state index in [1.165, 1.54) is 13.0 Å². The van der Waals surface area contributed by atoms with Crippen molar-refractivity contribution in [2.24, 2.45) is 0 Å². The topological polar surface area (TPSA) is 17.1 Å². The number of rotatable bonds is 2. The Balaban J connectivity index is 2.74. The molecule has 0 radical (unpaired) electrons.